The zero-order valence-electron chi connectivity index (χ0n) is 9.03. The van der Waals surface area contributed by atoms with Gasteiger partial charge < -0.3 is 4.74 Å². The van der Waals surface area contributed by atoms with E-state index in [1.54, 1.807) is 0 Å². The standard InChI is InChI=1S/C11H11ClN2OS/c1-7-3-8(2)5-9(4-7)15-6-10-13-14-11(12)16-10/h3-5H,6H2,1-2H3. The van der Waals surface area contributed by atoms with Crippen LogP contribution >= 0.6 is 22.9 Å². The lowest BCUT2D eigenvalue weighted by Gasteiger charge is -2.05. The molecule has 0 atom stereocenters. The molecule has 0 aliphatic heterocycles. The van der Waals surface area contributed by atoms with Crippen LogP contribution in [0.1, 0.15) is 16.1 Å². The van der Waals surface area contributed by atoms with Gasteiger partial charge in [-0.3, -0.25) is 0 Å². The number of aryl methyl sites for hydroxylation is 2. The Bertz CT molecular complexity index is 478. The smallest absolute Gasteiger partial charge is 0.207 e. The van der Waals surface area contributed by atoms with Crippen molar-refractivity contribution >= 4 is 22.9 Å². The predicted molar refractivity (Wildman–Crippen MR) is 65.2 cm³/mol. The molecule has 84 valence electrons. The quantitative estimate of drug-likeness (QED) is 0.842. The Balaban J connectivity index is 2.04. The lowest BCUT2D eigenvalue weighted by atomic mass is 10.1. The van der Waals surface area contributed by atoms with Crippen molar-refractivity contribution in [2.45, 2.75) is 20.5 Å². The van der Waals surface area contributed by atoms with Crippen molar-refractivity contribution in [3.8, 4) is 5.75 Å². The van der Waals surface area contributed by atoms with E-state index < -0.39 is 0 Å². The summed E-state index contributed by atoms with van der Waals surface area (Å²) >= 11 is 7.02. The third kappa shape index (κ3) is 2.93. The summed E-state index contributed by atoms with van der Waals surface area (Å²) in [6.07, 6.45) is 0. The largest absolute Gasteiger partial charge is 0.486 e. The van der Waals surface area contributed by atoms with E-state index in [0.29, 0.717) is 11.1 Å². The average Bonchev–Trinajstić information content (AvgIpc) is 2.60. The van der Waals surface area contributed by atoms with Crippen molar-refractivity contribution in [2.75, 3.05) is 0 Å². The number of rotatable bonds is 3. The number of hydrogen-bond donors (Lipinski definition) is 0. The molecule has 0 saturated carbocycles. The lowest BCUT2D eigenvalue weighted by Crippen LogP contribution is -1.95. The van der Waals surface area contributed by atoms with Crippen LogP contribution in [0.5, 0.6) is 5.75 Å². The molecule has 0 unspecified atom stereocenters. The van der Waals surface area contributed by atoms with E-state index in [0.717, 1.165) is 10.8 Å². The second-order valence-corrected chi connectivity index (χ2v) is 5.21. The van der Waals surface area contributed by atoms with Crippen molar-refractivity contribution in [3.05, 3.63) is 38.8 Å². The summed E-state index contributed by atoms with van der Waals surface area (Å²) in [6, 6.07) is 6.10. The summed E-state index contributed by atoms with van der Waals surface area (Å²) in [5, 5.41) is 8.39. The number of nitrogens with zero attached hydrogens (tertiary/aromatic N) is 2. The van der Waals surface area contributed by atoms with Crippen LogP contribution in [0.25, 0.3) is 0 Å². The van der Waals surface area contributed by atoms with Crippen molar-refractivity contribution < 1.29 is 4.74 Å². The number of hydrogen-bond acceptors (Lipinski definition) is 4. The van der Waals surface area contributed by atoms with Crippen molar-refractivity contribution in [3.63, 3.8) is 0 Å². The number of aromatic nitrogens is 2. The van der Waals surface area contributed by atoms with E-state index in [-0.39, 0.29) is 0 Å². The average molecular weight is 255 g/mol. The summed E-state index contributed by atoms with van der Waals surface area (Å²) < 4.78 is 6.06. The Morgan fingerprint density at radius 2 is 1.88 bits per heavy atom. The molecule has 0 aliphatic carbocycles. The first-order chi connectivity index (χ1) is 7.63. The SMILES string of the molecule is Cc1cc(C)cc(OCc2nnc(Cl)s2)c1. The van der Waals surface area contributed by atoms with Crippen LogP contribution in [0, 0.1) is 13.8 Å². The Kier molecular flexibility index (Phi) is 3.41. The first kappa shape index (κ1) is 11.4. The number of benzene rings is 1. The zero-order valence-corrected chi connectivity index (χ0v) is 10.6. The molecule has 0 aliphatic rings. The number of halogens is 1. The van der Waals surface area contributed by atoms with Crippen LogP contribution in [-0.2, 0) is 6.61 Å². The van der Waals surface area contributed by atoms with Crippen LogP contribution in [0.4, 0.5) is 0 Å². The van der Waals surface area contributed by atoms with Crippen molar-refractivity contribution in [1.82, 2.24) is 10.2 Å². The fourth-order valence-corrected chi connectivity index (χ4v) is 2.23. The van der Waals surface area contributed by atoms with Gasteiger partial charge in [0.2, 0.25) is 4.47 Å². The molecular weight excluding hydrogens is 244 g/mol. The Morgan fingerprint density at radius 3 is 2.44 bits per heavy atom. The molecular formula is C11H11ClN2OS. The summed E-state index contributed by atoms with van der Waals surface area (Å²) in [5.74, 6) is 0.851. The highest BCUT2D eigenvalue weighted by molar-refractivity contribution is 7.15. The van der Waals surface area contributed by atoms with E-state index in [9.17, 15) is 0 Å². The molecule has 2 rings (SSSR count). The van der Waals surface area contributed by atoms with Gasteiger partial charge in [0.15, 0.2) is 5.01 Å². The fraction of sp³-hybridized carbons (Fsp3) is 0.273. The maximum Gasteiger partial charge on any atom is 0.207 e. The van der Waals surface area contributed by atoms with Crippen LogP contribution in [-0.4, -0.2) is 10.2 Å². The summed E-state index contributed by atoms with van der Waals surface area (Å²) in [5.41, 5.74) is 2.37. The molecule has 0 bridgehead atoms. The minimum Gasteiger partial charge on any atom is -0.486 e. The molecule has 1 heterocycles. The van der Waals surface area contributed by atoms with E-state index in [1.807, 2.05) is 26.0 Å². The first-order valence-electron chi connectivity index (χ1n) is 4.82. The van der Waals surface area contributed by atoms with Gasteiger partial charge in [0.1, 0.15) is 12.4 Å². The Morgan fingerprint density at radius 1 is 1.19 bits per heavy atom. The van der Waals surface area contributed by atoms with Gasteiger partial charge in [-0.1, -0.05) is 17.4 Å². The van der Waals surface area contributed by atoms with Gasteiger partial charge in [0, 0.05) is 0 Å². The molecule has 1 aromatic heterocycles. The predicted octanol–water partition coefficient (Wildman–Crippen LogP) is 3.39. The fourth-order valence-electron chi connectivity index (χ4n) is 1.45. The Labute approximate surface area is 103 Å². The highest BCUT2D eigenvalue weighted by Gasteiger charge is 2.03. The van der Waals surface area contributed by atoms with Crippen LogP contribution in [0.2, 0.25) is 4.47 Å². The molecule has 2 aromatic rings. The van der Waals surface area contributed by atoms with Crippen molar-refractivity contribution in [1.29, 1.82) is 0 Å². The molecule has 0 radical (unpaired) electrons. The van der Waals surface area contributed by atoms with Gasteiger partial charge in [-0.05, 0) is 48.7 Å². The maximum absolute atomic E-state index is 5.68. The number of ether oxygens (including phenoxy) is 1. The van der Waals surface area contributed by atoms with Gasteiger partial charge in [-0.25, -0.2) is 0 Å². The molecule has 5 heteroatoms. The lowest BCUT2D eigenvalue weighted by molar-refractivity contribution is 0.304. The topological polar surface area (TPSA) is 35.0 Å². The molecule has 0 saturated heterocycles. The minimum absolute atomic E-state index is 0.410. The molecule has 0 amide bonds. The van der Waals surface area contributed by atoms with Crippen molar-refractivity contribution in [2.24, 2.45) is 0 Å². The van der Waals surface area contributed by atoms with E-state index in [4.69, 9.17) is 16.3 Å². The molecule has 0 fully saturated rings. The minimum atomic E-state index is 0.410. The van der Waals surface area contributed by atoms with E-state index >= 15 is 0 Å². The van der Waals surface area contributed by atoms with Gasteiger partial charge in [-0.2, -0.15) is 0 Å². The molecule has 16 heavy (non-hydrogen) atoms. The third-order valence-corrected chi connectivity index (χ3v) is 2.99. The maximum atomic E-state index is 5.68. The highest BCUT2D eigenvalue weighted by atomic mass is 35.5. The second-order valence-electron chi connectivity index (χ2n) is 3.56. The van der Waals surface area contributed by atoms with Crippen LogP contribution in [0.15, 0.2) is 18.2 Å². The summed E-state index contributed by atoms with van der Waals surface area (Å²) in [7, 11) is 0. The van der Waals surface area contributed by atoms with Gasteiger partial charge in [0.25, 0.3) is 0 Å². The molecule has 0 spiro atoms. The second kappa shape index (κ2) is 4.80. The first-order valence-corrected chi connectivity index (χ1v) is 6.02. The van der Waals surface area contributed by atoms with Gasteiger partial charge in [0.05, 0.1) is 0 Å². The monoisotopic (exact) mass is 254 g/mol. The normalized spacial score (nSPS) is 10.4. The van der Waals surface area contributed by atoms with Gasteiger partial charge >= 0.3 is 0 Å². The van der Waals surface area contributed by atoms with E-state index in [2.05, 4.69) is 16.3 Å². The van der Waals surface area contributed by atoms with Gasteiger partial charge in [-0.15, -0.1) is 10.2 Å². The summed E-state index contributed by atoms with van der Waals surface area (Å²) in [4.78, 5) is 0. The van der Waals surface area contributed by atoms with E-state index in [1.165, 1.54) is 22.5 Å². The zero-order chi connectivity index (χ0) is 11.5. The third-order valence-electron chi connectivity index (χ3n) is 2.00. The highest BCUT2D eigenvalue weighted by Crippen LogP contribution is 2.20. The van der Waals surface area contributed by atoms with Crippen LogP contribution in [0.3, 0.4) is 0 Å². The Hall–Kier alpha value is -1.13. The molecule has 3 nitrogen and oxygen atoms in total. The molecule has 1 aromatic carbocycles. The van der Waals surface area contributed by atoms with Crippen LogP contribution < -0.4 is 4.74 Å². The summed E-state index contributed by atoms with van der Waals surface area (Å²) in [6.45, 7) is 4.50. The molecule has 0 N–H and O–H groups in total.